The monoisotopic (exact) mass is 1090 g/mol. The molecular formula is C51H84N12O14. The molecule has 0 aliphatic heterocycles. The average Bonchev–Trinajstić information content (AvgIpc) is 3.31. The lowest BCUT2D eigenvalue weighted by atomic mass is 9.98. The molecule has 1 aromatic carbocycles. The first-order valence-corrected chi connectivity index (χ1v) is 25.8. The molecule has 26 heteroatoms. The number of nitrogens with one attached hydrogen (secondary N) is 8. The molecule has 1 aromatic rings. The molecule has 0 fully saturated rings. The second kappa shape index (κ2) is 33.6. The predicted molar refractivity (Wildman–Crippen MR) is 284 cm³/mol. The van der Waals surface area contributed by atoms with Crippen molar-refractivity contribution < 1.29 is 68.1 Å². The molecular weight excluding hydrogens is 1000 g/mol. The van der Waals surface area contributed by atoms with Crippen LogP contribution >= 0.6 is 0 Å². The lowest BCUT2D eigenvalue weighted by Crippen LogP contribution is -2.61. The minimum atomic E-state index is -2.00. The minimum Gasteiger partial charge on any atom is -0.481 e. The van der Waals surface area contributed by atoms with Gasteiger partial charge in [-0.15, -0.1) is 0 Å². The standard InChI is InChI=1S/C51H84N12O14/c1-25(2)19-32(43(69)58-34(21-27(5)6)48(74)63-41(29(9)10)50(76)77)57-44(70)35(22-30-15-12-11-13-16-30)59-45(71)36(23-38(64)65)60-46(72)37(24-39(66)67)61-49(75)40(28(7)8)62-47(73)33(20-26(3)4)56-42(68)31(52)17-14-18-55-51(53)54/h11-13,15-16,25-29,31-37,40-41H,14,17-24,52H2,1-10H3,(H,56,68)(H,57,70)(H,58,69)(H,59,71)(H,60,72)(H,61,75)(H,62,73)(H,63,74)(H,64,65)(H,66,67)(H,76,77)(H4,53,54,55)/t31-,32-,33-,34-,35-,36-,37-,40-,41-/m0/s1. The van der Waals surface area contributed by atoms with E-state index in [9.17, 15) is 68.1 Å². The van der Waals surface area contributed by atoms with E-state index < -0.39 is 144 Å². The number of carbonyl (C=O) groups excluding carboxylic acids is 8. The fourth-order valence-electron chi connectivity index (χ4n) is 7.77. The molecule has 9 atom stereocenters. The number of hydrogen-bond acceptors (Lipinski definition) is 13. The molecule has 0 unspecified atom stereocenters. The smallest absolute Gasteiger partial charge is 0.326 e. The number of carbonyl (C=O) groups is 11. The zero-order valence-electron chi connectivity index (χ0n) is 45.8. The summed E-state index contributed by atoms with van der Waals surface area (Å²) in [4.78, 5) is 151. The Kier molecular flexibility index (Phi) is 29.5. The van der Waals surface area contributed by atoms with Crippen LogP contribution in [-0.4, -0.2) is 147 Å². The van der Waals surface area contributed by atoms with Gasteiger partial charge in [0.25, 0.3) is 0 Å². The molecule has 26 nitrogen and oxygen atoms in total. The minimum absolute atomic E-state index is 0.0204. The first-order chi connectivity index (χ1) is 35.8. The van der Waals surface area contributed by atoms with E-state index >= 15 is 0 Å². The average molecular weight is 1090 g/mol. The molecule has 77 heavy (non-hydrogen) atoms. The Morgan fingerprint density at radius 2 is 0.818 bits per heavy atom. The maximum atomic E-state index is 14.3. The lowest BCUT2D eigenvalue weighted by Gasteiger charge is -2.29. The van der Waals surface area contributed by atoms with Gasteiger partial charge in [-0.1, -0.05) is 99.6 Å². The number of rotatable bonds is 35. The molecule has 0 spiro atoms. The maximum Gasteiger partial charge on any atom is 0.326 e. The molecule has 0 heterocycles. The van der Waals surface area contributed by atoms with Gasteiger partial charge in [-0.2, -0.15) is 0 Å². The van der Waals surface area contributed by atoms with E-state index in [1.54, 1.807) is 99.6 Å². The van der Waals surface area contributed by atoms with Crippen molar-refractivity contribution in [3.05, 3.63) is 35.9 Å². The van der Waals surface area contributed by atoms with Gasteiger partial charge in [-0.25, -0.2) is 4.79 Å². The normalized spacial score (nSPS) is 14.8. The highest BCUT2D eigenvalue weighted by Crippen LogP contribution is 2.14. The molecule has 432 valence electrons. The van der Waals surface area contributed by atoms with Gasteiger partial charge >= 0.3 is 17.9 Å². The Bertz CT molecular complexity index is 2200. The van der Waals surface area contributed by atoms with E-state index in [0.29, 0.717) is 12.0 Å². The van der Waals surface area contributed by atoms with Gasteiger partial charge in [-0.05, 0) is 67.3 Å². The summed E-state index contributed by atoms with van der Waals surface area (Å²) < 4.78 is 0. The number of carboxylic acid groups (broad SMARTS) is 3. The molecule has 0 aliphatic carbocycles. The number of aliphatic imine (C=N–C) groups is 1. The number of aliphatic carboxylic acids is 3. The Morgan fingerprint density at radius 3 is 1.21 bits per heavy atom. The summed E-state index contributed by atoms with van der Waals surface area (Å²) in [7, 11) is 0. The van der Waals surface area contributed by atoms with Crippen LogP contribution < -0.4 is 59.7 Å². The summed E-state index contributed by atoms with van der Waals surface area (Å²) in [5, 5.41) is 49.2. The van der Waals surface area contributed by atoms with Crippen LogP contribution in [0.4, 0.5) is 0 Å². The van der Waals surface area contributed by atoms with Crippen molar-refractivity contribution in [2.75, 3.05) is 6.54 Å². The van der Waals surface area contributed by atoms with E-state index in [1.807, 2.05) is 0 Å². The number of carboxylic acids is 3. The fraction of sp³-hybridized carbons (Fsp3) is 0.647. The van der Waals surface area contributed by atoms with Crippen LogP contribution in [0.3, 0.4) is 0 Å². The highest BCUT2D eigenvalue weighted by atomic mass is 16.4. The third-order valence-corrected chi connectivity index (χ3v) is 11.7. The van der Waals surface area contributed by atoms with Crippen LogP contribution in [0.5, 0.6) is 0 Å². The fourth-order valence-corrected chi connectivity index (χ4v) is 7.77. The predicted octanol–water partition coefficient (Wildman–Crippen LogP) is -1.03. The van der Waals surface area contributed by atoms with Crippen LogP contribution in [0.15, 0.2) is 35.3 Å². The van der Waals surface area contributed by atoms with Gasteiger partial charge in [0.15, 0.2) is 5.96 Å². The largest absolute Gasteiger partial charge is 0.481 e. The van der Waals surface area contributed by atoms with Gasteiger partial charge in [-0.3, -0.25) is 52.9 Å². The van der Waals surface area contributed by atoms with Crippen molar-refractivity contribution in [2.24, 2.45) is 51.8 Å². The van der Waals surface area contributed by atoms with Gasteiger partial charge in [0.05, 0.1) is 18.9 Å². The first kappa shape index (κ1) is 67.6. The van der Waals surface area contributed by atoms with Gasteiger partial charge in [0.2, 0.25) is 47.3 Å². The second-order valence-electron chi connectivity index (χ2n) is 21.0. The molecule has 0 aliphatic rings. The van der Waals surface area contributed by atoms with E-state index in [2.05, 4.69) is 47.5 Å². The summed E-state index contributed by atoms with van der Waals surface area (Å²) >= 11 is 0. The molecule has 0 aromatic heterocycles. The van der Waals surface area contributed by atoms with E-state index in [0.717, 1.165) is 0 Å². The quantitative estimate of drug-likeness (QED) is 0.0220. The Balaban J connectivity index is 3.53. The van der Waals surface area contributed by atoms with Crippen LogP contribution in [0.2, 0.25) is 0 Å². The number of hydrogen-bond donors (Lipinski definition) is 14. The summed E-state index contributed by atoms with van der Waals surface area (Å²) in [5.74, 6) is -13.9. The SMILES string of the molecule is CC(C)C[C@H](NC(=O)[C@H](Cc1ccccc1)NC(=O)[C@H](CC(=O)O)NC(=O)[C@H](CC(=O)O)NC(=O)[C@@H](NC(=O)[C@H](CC(C)C)NC(=O)[C@@H](N)CCCN=C(N)N)C(C)C)C(=O)N[C@@H](CC(C)C)C(=O)N[C@H](C(=O)O)C(C)C. The van der Waals surface area contributed by atoms with E-state index in [4.69, 9.17) is 17.2 Å². The van der Waals surface area contributed by atoms with Crippen molar-refractivity contribution in [2.45, 2.75) is 175 Å². The van der Waals surface area contributed by atoms with Crippen molar-refractivity contribution in [1.82, 2.24) is 42.5 Å². The Hall–Kier alpha value is -7.38. The molecule has 1 rings (SSSR count). The Labute approximate surface area is 449 Å². The molecule has 0 bridgehead atoms. The molecule has 0 saturated carbocycles. The van der Waals surface area contributed by atoms with Gasteiger partial charge < -0.3 is 75.1 Å². The highest BCUT2D eigenvalue weighted by molar-refractivity contribution is 5.99. The zero-order valence-corrected chi connectivity index (χ0v) is 45.8. The molecule has 0 saturated heterocycles. The number of nitrogens with zero attached hydrogens (tertiary/aromatic N) is 1. The van der Waals surface area contributed by atoms with Crippen molar-refractivity contribution >= 4 is 71.1 Å². The lowest BCUT2D eigenvalue weighted by molar-refractivity contribution is -0.144. The number of benzene rings is 1. The van der Waals surface area contributed by atoms with E-state index in [-0.39, 0.29) is 62.4 Å². The number of guanidine groups is 1. The van der Waals surface area contributed by atoms with Crippen molar-refractivity contribution in [1.29, 1.82) is 0 Å². The van der Waals surface area contributed by atoms with Gasteiger partial charge in [0.1, 0.15) is 48.3 Å². The highest BCUT2D eigenvalue weighted by Gasteiger charge is 2.37. The Morgan fingerprint density at radius 1 is 0.468 bits per heavy atom. The summed E-state index contributed by atoms with van der Waals surface area (Å²) in [6.07, 6.45) is -1.67. The van der Waals surface area contributed by atoms with Crippen molar-refractivity contribution in [3.63, 3.8) is 0 Å². The van der Waals surface area contributed by atoms with Crippen LogP contribution in [0.25, 0.3) is 0 Å². The molecule has 8 amide bonds. The second-order valence-corrected chi connectivity index (χ2v) is 21.0. The third kappa shape index (κ3) is 26.3. The summed E-state index contributed by atoms with van der Waals surface area (Å²) in [6.45, 7) is 17.2. The molecule has 17 N–H and O–H groups in total. The number of nitrogens with two attached hydrogens (primary N) is 3. The maximum absolute atomic E-state index is 14.3. The first-order valence-electron chi connectivity index (χ1n) is 25.8. The van der Waals surface area contributed by atoms with E-state index in [1.165, 1.54) is 0 Å². The summed E-state index contributed by atoms with van der Waals surface area (Å²) in [6, 6.07) is -4.76. The third-order valence-electron chi connectivity index (χ3n) is 11.7. The zero-order chi connectivity index (χ0) is 58.9. The van der Waals surface area contributed by atoms with Crippen LogP contribution in [0.1, 0.15) is 120 Å². The van der Waals surface area contributed by atoms with Crippen LogP contribution in [0, 0.1) is 29.6 Å². The molecule has 0 radical (unpaired) electrons. The van der Waals surface area contributed by atoms with Gasteiger partial charge in [0, 0.05) is 13.0 Å². The summed E-state index contributed by atoms with van der Waals surface area (Å²) in [5.41, 5.74) is 17.2. The van der Waals surface area contributed by atoms with Crippen LogP contribution in [-0.2, 0) is 59.2 Å². The number of amides is 8. The van der Waals surface area contributed by atoms with Crippen molar-refractivity contribution in [3.8, 4) is 0 Å². The topological polar surface area (TPSA) is 435 Å².